The van der Waals surface area contributed by atoms with Crippen LogP contribution in [0.25, 0.3) is 0 Å². The van der Waals surface area contributed by atoms with Crippen LogP contribution < -0.4 is 10.6 Å². The first-order valence-corrected chi connectivity index (χ1v) is 9.66. The van der Waals surface area contributed by atoms with Gasteiger partial charge in [0.1, 0.15) is 6.17 Å². The third kappa shape index (κ3) is 3.91. The summed E-state index contributed by atoms with van der Waals surface area (Å²) in [5.41, 5.74) is 1.31. The van der Waals surface area contributed by atoms with E-state index in [0.29, 0.717) is 18.1 Å². The molecule has 1 aliphatic carbocycles. The molecular formula is C19H35N3. The van der Waals surface area contributed by atoms with Gasteiger partial charge in [-0.1, -0.05) is 33.1 Å². The molecule has 5 unspecified atom stereocenters. The van der Waals surface area contributed by atoms with Crippen molar-refractivity contribution < 1.29 is 0 Å². The lowest BCUT2D eigenvalue weighted by Crippen LogP contribution is -2.39. The van der Waals surface area contributed by atoms with Gasteiger partial charge < -0.3 is 5.32 Å². The minimum absolute atomic E-state index is 0.367. The summed E-state index contributed by atoms with van der Waals surface area (Å²) in [4.78, 5) is 4.73. The van der Waals surface area contributed by atoms with Crippen molar-refractivity contribution in [3.63, 3.8) is 0 Å². The highest BCUT2D eigenvalue weighted by atomic mass is 15.1. The second kappa shape index (κ2) is 7.44. The van der Waals surface area contributed by atoms with Crippen LogP contribution in [-0.4, -0.2) is 30.5 Å². The monoisotopic (exact) mass is 305 g/mol. The predicted octanol–water partition coefficient (Wildman–Crippen LogP) is 3.74. The lowest BCUT2D eigenvalue weighted by molar-refractivity contribution is 0.279. The van der Waals surface area contributed by atoms with Crippen molar-refractivity contribution in [2.24, 2.45) is 22.7 Å². The van der Waals surface area contributed by atoms with Crippen LogP contribution in [0.5, 0.6) is 0 Å². The molecule has 3 rings (SSSR count). The Morgan fingerprint density at radius 1 is 1.14 bits per heavy atom. The van der Waals surface area contributed by atoms with Gasteiger partial charge in [-0.05, 0) is 63.3 Å². The van der Waals surface area contributed by atoms with Crippen LogP contribution in [0.3, 0.4) is 0 Å². The van der Waals surface area contributed by atoms with Crippen LogP contribution in [0.15, 0.2) is 4.99 Å². The molecule has 126 valence electrons. The van der Waals surface area contributed by atoms with Gasteiger partial charge in [-0.2, -0.15) is 0 Å². The van der Waals surface area contributed by atoms with E-state index in [4.69, 9.17) is 4.99 Å². The van der Waals surface area contributed by atoms with Gasteiger partial charge in [0.25, 0.3) is 0 Å². The largest absolute Gasteiger partial charge is 0.311 e. The van der Waals surface area contributed by atoms with Gasteiger partial charge in [-0.15, -0.1) is 0 Å². The topological polar surface area (TPSA) is 36.4 Å². The van der Waals surface area contributed by atoms with E-state index in [1.165, 1.54) is 57.1 Å². The SMILES string of the molecule is CC1=NC(NCCC2NC(C3CCCCC3)CC2C)C(C)C1. The molecule has 5 atom stereocenters. The highest BCUT2D eigenvalue weighted by Gasteiger charge is 2.35. The highest BCUT2D eigenvalue weighted by molar-refractivity contribution is 5.83. The van der Waals surface area contributed by atoms with Crippen LogP contribution in [-0.2, 0) is 0 Å². The van der Waals surface area contributed by atoms with Gasteiger partial charge in [-0.25, -0.2) is 0 Å². The molecule has 1 saturated carbocycles. The fourth-order valence-electron chi connectivity index (χ4n) is 4.93. The summed E-state index contributed by atoms with van der Waals surface area (Å²) in [7, 11) is 0. The van der Waals surface area contributed by atoms with Crippen molar-refractivity contribution in [2.45, 2.75) is 90.4 Å². The Kier molecular flexibility index (Phi) is 5.56. The normalized spacial score (nSPS) is 40.1. The summed E-state index contributed by atoms with van der Waals surface area (Å²) in [6.07, 6.45) is 11.5. The highest BCUT2D eigenvalue weighted by Crippen LogP contribution is 2.34. The summed E-state index contributed by atoms with van der Waals surface area (Å²) in [6.45, 7) is 8.02. The van der Waals surface area contributed by atoms with E-state index in [2.05, 4.69) is 31.4 Å². The Balaban J connectivity index is 1.41. The molecule has 2 aliphatic heterocycles. The van der Waals surface area contributed by atoms with Crippen molar-refractivity contribution in [3.05, 3.63) is 0 Å². The van der Waals surface area contributed by atoms with E-state index in [1.807, 2.05) is 0 Å². The molecule has 22 heavy (non-hydrogen) atoms. The molecule has 0 spiro atoms. The summed E-state index contributed by atoms with van der Waals surface area (Å²) < 4.78 is 0. The molecule has 0 bridgehead atoms. The van der Waals surface area contributed by atoms with Crippen molar-refractivity contribution in [1.29, 1.82) is 0 Å². The summed E-state index contributed by atoms with van der Waals surface area (Å²) in [5, 5.41) is 7.66. The average Bonchev–Trinajstić information content (AvgIpc) is 3.03. The molecule has 0 aromatic heterocycles. The van der Waals surface area contributed by atoms with Crippen LogP contribution in [0.2, 0.25) is 0 Å². The van der Waals surface area contributed by atoms with Crippen LogP contribution >= 0.6 is 0 Å². The lowest BCUT2D eigenvalue weighted by atomic mass is 9.82. The zero-order chi connectivity index (χ0) is 15.5. The van der Waals surface area contributed by atoms with Crippen molar-refractivity contribution >= 4 is 5.71 Å². The first-order chi connectivity index (χ1) is 10.6. The van der Waals surface area contributed by atoms with E-state index in [9.17, 15) is 0 Å². The molecule has 0 aromatic carbocycles. The van der Waals surface area contributed by atoms with Gasteiger partial charge in [0, 0.05) is 17.8 Å². The maximum absolute atomic E-state index is 4.73. The predicted molar refractivity (Wildman–Crippen MR) is 94.4 cm³/mol. The van der Waals surface area contributed by atoms with Crippen molar-refractivity contribution in [3.8, 4) is 0 Å². The van der Waals surface area contributed by atoms with E-state index in [0.717, 1.165) is 24.4 Å². The molecule has 2 heterocycles. The van der Waals surface area contributed by atoms with Gasteiger partial charge >= 0.3 is 0 Å². The zero-order valence-electron chi connectivity index (χ0n) is 14.8. The first-order valence-electron chi connectivity index (χ1n) is 9.66. The number of nitrogens with one attached hydrogen (secondary N) is 2. The molecule has 0 aromatic rings. The molecule has 3 heteroatoms. The molecule has 3 nitrogen and oxygen atoms in total. The summed E-state index contributed by atoms with van der Waals surface area (Å²) >= 11 is 0. The van der Waals surface area contributed by atoms with E-state index in [-0.39, 0.29) is 0 Å². The number of rotatable bonds is 5. The second-order valence-corrected chi connectivity index (χ2v) is 8.22. The molecule has 0 amide bonds. The average molecular weight is 306 g/mol. The fraction of sp³-hybridized carbons (Fsp3) is 0.947. The maximum Gasteiger partial charge on any atom is 0.102 e. The molecule has 1 saturated heterocycles. The Morgan fingerprint density at radius 2 is 1.91 bits per heavy atom. The smallest absolute Gasteiger partial charge is 0.102 e. The second-order valence-electron chi connectivity index (χ2n) is 8.22. The van der Waals surface area contributed by atoms with Gasteiger partial charge in [0.2, 0.25) is 0 Å². The summed E-state index contributed by atoms with van der Waals surface area (Å²) in [5.74, 6) is 2.46. The van der Waals surface area contributed by atoms with Crippen LogP contribution in [0.4, 0.5) is 0 Å². The maximum atomic E-state index is 4.73. The molecule has 2 N–H and O–H groups in total. The Hall–Kier alpha value is -0.410. The molecule has 2 fully saturated rings. The van der Waals surface area contributed by atoms with E-state index in [1.54, 1.807) is 0 Å². The number of hydrogen-bond donors (Lipinski definition) is 2. The quantitative estimate of drug-likeness (QED) is 0.812. The minimum Gasteiger partial charge on any atom is -0.311 e. The third-order valence-corrected chi connectivity index (χ3v) is 6.28. The van der Waals surface area contributed by atoms with Gasteiger partial charge in [-0.3, -0.25) is 10.3 Å². The Labute approximate surface area is 136 Å². The Morgan fingerprint density at radius 3 is 2.59 bits per heavy atom. The van der Waals surface area contributed by atoms with Gasteiger partial charge in [0.15, 0.2) is 0 Å². The third-order valence-electron chi connectivity index (χ3n) is 6.28. The summed E-state index contributed by atoms with van der Waals surface area (Å²) in [6, 6.07) is 1.51. The van der Waals surface area contributed by atoms with E-state index < -0.39 is 0 Å². The number of aliphatic imine (C=N–C) groups is 1. The Bertz CT molecular complexity index is 386. The standard InChI is InChI=1S/C19H35N3/c1-13-12-18(16-7-5-4-6-8-16)22-17(13)9-10-20-19-14(2)11-15(3)21-19/h13-14,16-20,22H,4-12H2,1-3H3. The number of nitrogens with zero attached hydrogens (tertiary/aromatic N) is 1. The first kappa shape index (κ1) is 16.4. The molecule has 0 radical (unpaired) electrons. The fourth-order valence-corrected chi connectivity index (χ4v) is 4.93. The minimum atomic E-state index is 0.367. The van der Waals surface area contributed by atoms with Crippen molar-refractivity contribution in [1.82, 2.24) is 10.6 Å². The van der Waals surface area contributed by atoms with Gasteiger partial charge in [0.05, 0.1) is 0 Å². The van der Waals surface area contributed by atoms with Crippen LogP contribution in [0.1, 0.15) is 72.1 Å². The molecular weight excluding hydrogens is 270 g/mol. The number of hydrogen-bond acceptors (Lipinski definition) is 3. The zero-order valence-corrected chi connectivity index (χ0v) is 14.8. The molecule has 3 aliphatic rings. The van der Waals surface area contributed by atoms with E-state index >= 15 is 0 Å². The van der Waals surface area contributed by atoms with Crippen molar-refractivity contribution in [2.75, 3.05) is 6.54 Å². The lowest BCUT2D eigenvalue weighted by Gasteiger charge is -2.28. The van der Waals surface area contributed by atoms with Crippen LogP contribution in [0, 0.1) is 17.8 Å².